The summed E-state index contributed by atoms with van der Waals surface area (Å²) in [4.78, 5) is 26.0. The van der Waals surface area contributed by atoms with Crippen LogP contribution in [0.4, 0.5) is 24.7 Å². The molecule has 1 aromatic heterocycles. The molecule has 10 heteroatoms. The Kier molecular flexibility index (Phi) is 3.94. The smallest absolute Gasteiger partial charge is 0.394 e. The van der Waals surface area contributed by atoms with Gasteiger partial charge in [-0.25, -0.2) is 4.98 Å². The number of halogens is 3. The van der Waals surface area contributed by atoms with Gasteiger partial charge in [0.2, 0.25) is 0 Å². The average Bonchev–Trinajstić information content (AvgIpc) is 2.83. The van der Waals surface area contributed by atoms with Gasteiger partial charge in [-0.2, -0.15) is 13.2 Å². The zero-order chi connectivity index (χ0) is 16.7. The molecule has 1 fully saturated rings. The van der Waals surface area contributed by atoms with Crippen molar-refractivity contribution in [2.45, 2.75) is 13.1 Å². The fraction of sp³-hybridized carbons (Fsp3) is 0.500. The Bertz CT molecular complexity index is 620. The molecule has 7 nitrogen and oxygen atoms in total. The third-order valence-electron chi connectivity index (χ3n) is 3.65. The average molecular weight is 319 g/mol. The summed E-state index contributed by atoms with van der Waals surface area (Å²) >= 11 is 0. The molecule has 2 heterocycles. The summed E-state index contributed by atoms with van der Waals surface area (Å²) in [5, 5.41) is 19.7. The Hall–Kier alpha value is -2.39. The van der Waals surface area contributed by atoms with Crippen LogP contribution in [0.15, 0.2) is 12.3 Å². The molecule has 2 rings (SSSR count). The van der Waals surface area contributed by atoms with E-state index in [9.17, 15) is 28.1 Å². The number of carboxylic acids is 1. The lowest BCUT2D eigenvalue weighted by atomic mass is 9.96. The SMILES string of the molecule is Cc1cc(N2C[C@@H](C(F)(F)F)[C@H](C(=O)O)C2)ncc1[N+](=O)[O-]. The number of aromatic nitrogens is 1. The van der Waals surface area contributed by atoms with Crippen molar-refractivity contribution in [3.05, 3.63) is 27.9 Å². The van der Waals surface area contributed by atoms with Crippen molar-refractivity contribution in [1.29, 1.82) is 0 Å². The number of rotatable bonds is 3. The Morgan fingerprint density at radius 1 is 1.50 bits per heavy atom. The number of pyridine rings is 1. The van der Waals surface area contributed by atoms with E-state index < -0.39 is 35.4 Å². The number of hydrogen-bond acceptors (Lipinski definition) is 5. The zero-order valence-corrected chi connectivity index (χ0v) is 11.4. The lowest BCUT2D eigenvalue weighted by Gasteiger charge is -2.19. The fourth-order valence-corrected chi connectivity index (χ4v) is 2.47. The van der Waals surface area contributed by atoms with Crippen molar-refractivity contribution >= 4 is 17.5 Å². The highest BCUT2D eigenvalue weighted by atomic mass is 19.4. The number of anilines is 1. The molecule has 0 radical (unpaired) electrons. The second-order valence-electron chi connectivity index (χ2n) is 5.08. The first kappa shape index (κ1) is 16.0. The van der Waals surface area contributed by atoms with Crippen LogP contribution in [-0.2, 0) is 4.79 Å². The second-order valence-corrected chi connectivity index (χ2v) is 5.08. The lowest BCUT2D eigenvalue weighted by Crippen LogP contribution is -2.33. The van der Waals surface area contributed by atoms with E-state index in [1.165, 1.54) is 17.9 Å². The van der Waals surface area contributed by atoms with Crippen LogP contribution in [0.1, 0.15) is 5.56 Å². The molecule has 0 unspecified atom stereocenters. The molecule has 1 aliphatic rings. The maximum atomic E-state index is 12.9. The number of hydrogen-bond donors (Lipinski definition) is 1. The Labute approximate surface area is 122 Å². The van der Waals surface area contributed by atoms with E-state index >= 15 is 0 Å². The molecular formula is C12H12F3N3O4. The van der Waals surface area contributed by atoms with Crippen LogP contribution in [0.25, 0.3) is 0 Å². The molecule has 0 bridgehead atoms. The number of carbonyl (C=O) groups is 1. The number of alkyl halides is 3. The highest BCUT2D eigenvalue weighted by Gasteiger charge is 2.52. The molecule has 1 N–H and O–H groups in total. The van der Waals surface area contributed by atoms with Crippen LogP contribution in [-0.4, -0.2) is 40.2 Å². The normalized spacial score (nSPS) is 21.9. The summed E-state index contributed by atoms with van der Waals surface area (Å²) in [5.74, 6) is -5.01. The molecule has 0 aliphatic carbocycles. The summed E-state index contributed by atoms with van der Waals surface area (Å²) in [7, 11) is 0. The van der Waals surface area contributed by atoms with Gasteiger partial charge in [-0.15, -0.1) is 0 Å². The highest BCUT2D eigenvalue weighted by molar-refractivity contribution is 5.72. The molecule has 1 aliphatic heterocycles. The molecule has 0 amide bonds. The van der Waals surface area contributed by atoms with E-state index in [4.69, 9.17) is 5.11 Å². The highest BCUT2D eigenvalue weighted by Crippen LogP contribution is 2.39. The molecule has 0 saturated carbocycles. The van der Waals surface area contributed by atoms with Crippen molar-refractivity contribution < 1.29 is 28.0 Å². The molecule has 1 saturated heterocycles. The first-order chi connectivity index (χ1) is 10.1. The predicted molar refractivity (Wildman–Crippen MR) is 68.5 cm³/mol. The number of carboxylic acid groups (broad SMARTS) is 1. The van der Waals surface area contributed by atoms with Gasteiger partial charge in [0.25, 0.3) is 5.69 Å². The minimum atomic E-state index is -4.63. The summed E-state index contributed by atoms with van der Waals surface area (Å²) in [6.07, 6.45) is -3.67. The number of nitrogens with zero attached hydrogens (tertiary/aromatic N) is 3. The summed E-state index contributed by atoms with van der Waals surface area (Å²) < 4.78 is 38.7. The Morgan fingerprint density at radius 2 is 2.14 bits per heavy atom. The van der Waals surface area contributed by atoms with Crippen LogP contribution < -0.4 is 4.90 Å². The van der Waals surface area contributed by atoms with Crippen LogP contribution in [0.3, 0.4) is 0 Å². The Morgan fingerprint density at radius 3 is 2.55 bits per heavy atom. The monoisotopic (exact) mass is 319 g/mol. The second kappa shape index (κ2) is 5.43. The first-order valence-corrected chi connectivity index (χ1v) is 6.26. The van der Waals surface area contributed by atoms with Crippen molar-refractivity contribution in [2.24, 2.45) is 11.8 Å². The predicted octanol–water partition coefficient (Wildman–Crippen LogP) is 2.00. The van der Waals surface area contributed by atoms with E-state index in [1.54, 1.807) is 0 Å². The van der Waals surface area contributed by atoms with Crippen LogP contribution >= 0.6 is 0 Å². The van der Waals surface area contributed by atoms with Crippen molar-refractivity contribution in [3.63, 3.8) is 0 Å². The maximum Gasteiger partial charge on any atom is 0.394 e. The summed E-state index contributed by atoms with van der Waals surface area (Å²) in [5.41, 5.74) is 0.00226. The minimum absolute atomic E-state index is 0.0982. The third kappa shape index (κ3) is 2.95. The number of aliphatic carboxylic acids is 1. The zero-order valence-electron chi connectivity index (χ0n) is 11.4. The van der Waals surface area contributed by atoms with Gasteiger partial charge in [0, 0.05) is 18.7 Å². The number of nitro groups is 1. The van der Waals surface area contributed by atoms with Gasteiger partial charge < -0.3 is 10.0 Å². The fourth-order valence-electron chi connectivity index (χ4n) is 2.47. The van der Waals surface area contributed by atoms with Gasteiger partial charge in [-0.05, 0) is 13.0 Å². The lowest BCUT2D eigenvalue weighted by molar-refractivity contribution is -0.385. The Balaban J connectivity index is 2.29. The van der Waals surface area contributed by atoms with Gasteiger partial charge >= 0.3 is 12.1 Å². The molecule has 120 valence electrons. The van der Waals surface area contributed by atoms with Gasteiger partial charge in [0.15, 0.2) is 0 Å². The molecular weight excluding hydrogens is 307 g/mol. The number of aryl methyl sites for hydroxylation is 1. The summed E-state index contributed by atoms with van der Waals surface area (Å²) in [6.45, 7) is 0.559. The largest absolute Gasteiger partial charge is 0.481 e. The molecule has 0 spiro atoms. The van der Waals surface area contributed by atoms with Crippen molar-refractivity contribution in [1.82, 2.24) is 4.98 Å². The maximum absolute atomic E-state index is 12.9. The van der Waals surface area contributed by atoms with Gasteiger partial charge in [-0.1, -0.05) is 0 Å². The van der Waals surface area contributed by atoms with Gasteiger partial charge in [0.1, 0.15) is 12.0 Å². The van der Waals surface area contributed by atoms with Crippen molar-refractivity contribution in [3.8, 4) is 0 Å². The molecule has 1 aromatic rings. The van der Waals surface area contributed by atoms with E-state index in [2.05, 4.69) is 4.98 Å². The van der Waals surface area contributed by atoms with E-state index in [1.807, 2.05) is 0 Å². The van der Waals surface area contributed by atoms with E-state index in [-0.39, 0.29) is 23.6 Å². The van der Waals surface area contributed by atoms with E-state index in [0.29, 0.717) is 0 Å². The molecule has 22 heavy (non-hydrogen) atoms. The quantitative estimate of drug-likeness (QED) is 0.676. The van der Waals surface area contributed by atoms with Crippen LogP contribution in [0.5, 0.6) is 0 Å². The molecule has 2 atom stereocenters. The van der Waals surface area contributed by atoms with Crippen LogP contribution in [0, 0.1) is 28.9 Å². The molecule has 0 aromatic carbocycles. The van der Waals surface area contributed by atoms with Crippen molar-refractivity contribution in [2.75, 3.05) is 18.0 Å². The van der Waals surface area contributed by atoms with E-state index in [0.717, 1.165) is 6.20 Å². The van der Waals surface area contributed by atoms with Crippen LogP contribution in [0.2, 0.25) is 0 Å². The third-order valence-corrected chi connectivity index (χ3v) is 3.65. The summed E-state index contributed by atoms with van der Waals surface area (Å²) in [6, 6.07) is 1.29. The standard InChI is InChI=1S/C12H12F3N3O4/c1-6-2-10(16-3-9(6)18(21)22)17-4-7(11(19)20)8(5-17)12(13,14)15/h2-3,7-8H,4-5H2,1H3,(H,19,20)/t7-,8-/m1/s1. The van der Waals surface area contributed by atoms with Gasteiger partial charge in [-0.3, -0.25) is 14.9 Å². The topological polar surface area (TPSA) is 96.6 Å². The minimum Gasteiger partial charge on any atom is -0.481 e. The first-order valence-electron chi connectivity index (χ1n) is 6.26. The van der Waals surface area contributed by atoms with Gasteiger partial charge in [0.05, 0.1) is 16.8 Å².